The molecule has 12 aromatic rings. The highest BCUT2D eigenvalue weighted by Crippen LogP contribution is 2.45. The van der Waals surface area contributed by atoms with Crippen LogP contribution in [0.2, 0.25) is 0 Å². The highest BCUT2D eigenvalue weighted by atomic mass is 15.1. The molecule has 0 radical (unpaired) electrons. The molecule has 11 aromatic carbocycles. The van der Waals surface area contributed by atoms with Crippen molar-refractivity contribution < 1.29 is 0 Å². The first-order chi connectivity index (χ1) is 28.2. The molecule has 0 fully saturated rings. The molecule has 0 spiro atoms. The Morgan fingerprint density at radius 2 is 0.842 bits per heavy atom. The van der Waals surface area contributed by atoms with Gasteiger partial charge in [-0.3, -0.25) is 0 Å². The first-order valence-electron chi connectivity index (χ1n) is 19.9. The number of rotatable bonds is 4. The lowest BCUT2D eigenvalue weighted by Gasteiger charge is -2.18. The fourth-order valence-electron chi connectivity index (χ4n) is 9.84. The number of imidazole rings is 1. The molecule has 1 heterocycles. The third-order valence-electron chi connectivity index (χ3n) is 12.3. The summed E-state index contributed by atoms with van der Waals surface area (Å²) in [5.74, 6) is 1.02. The molecule has 1 aromatic heterocycles. The van der Waals surface area contributed by atoms with Crippen molar-refractivity contribution in [3.63, 3.8) is 0 Å². The molecule has 0 aliphatic carbocycles. The van der Waals surface area contributed by atoms with Crippen LogP contribution in [0.1, 0.15) is 6.92 Å². The largest absolute Gasteiger partial charge is 0.324 e. The minimum absolute atomic E-state index is 0.842. The third-order valence-corrected chi connectivity index (χ3v) is 12.3. The Labute approximate surface area is 329 Å². The highest BCUT2D eigenvalue weighted by Gasteiger charge is 2.21. The first-order valence-corrected chi connectivity index (χ1v) is 19.9. The molecule has 2 heteroatoms. The molecule has 266 valence electrons. The molecule has 0 bridgehead atoms. The van der Waals surface area contributed by atoms with Crippen molar-refractivity contribution in [3.05, 3.63) is 188 Å². The molecule has 12 rings (SSSR count). The summed E-state index contributed by atoms with van der Waals surface area (Å²) in [6, 6.07) is 69.5. The molecule has 0 saturated heterocycles. The number of aromatic nitrogens is 2. The number of hydrogen-bond acceptors (Lipinski definition) is 1. The van der Waals surface area contributed by atoms with Crippen molar-refractivity contribution in [2.45, 2.75) is 13.5 Å². The van der Waals surface area contributed by atoms with E-state index >= 15 is 0 Å². The van der Waals surface area contributed by atoms with Crippen LogP contribution in [0.25, 0.3) is 120 Å². The summed E-state index contributed by atoms with van der Waals surface area (Å²) < 4.78 is 2.36. The second-order valence-electron chi connectivity index (χ2n) is 15.3. The standard InChI is InChI=1S/C55H36N2/c1-2-57-50-24-10-9-23-49(50)56-55(57)54-46-19-7-5-17-44(46)51(45-18-6-8-20-47(45)54)37-27-25-34(26-28-37)38-31-32-41-43-22-12-14-36-30-29-35-13-11-21-42(52(35)53(36)43)39-15-3-4-16-40(39)48(41)33-38/h3-33H,2H2,1H3. The Balaban J connectivity index is 1.07. The average molecular weight is 725 g/mol. The minimum Gasteiger partial charge on any atom is -0.324 e. The SMILES string of the molecule is CCn1c(-c2c3ccccc3c(-c3ccc(-c4ccc5c(c4)c4ccccc4c4cccc6ccc7cccc5c7c64)cc3)c3ccccc23)nc2ccccc21. The van der Waals surface area contributed by atoms with E-state index in [2.05, 4.69) is 200 Å². The lowest BCUT2D eigenvalue weighted by atomic mass is 9.87. The van der Waals surface area contributed by atoms with Gasteiger partial charge in [0.15, 0.2) is 0 Å². The highest BCUT2D eigenvalue weighted by molar-refractivity contribution is 6.33. The summed E-state index contributed by atoms with van der Waals surface area (Å²) in [4.78, 5) is 5.25. The van der Waals surface area contributed by atoms with E-state index in [1.807, 2.05) is 0 Å². The van der Waals surface area contributed by atoms with Gasteiger partial charge in [0.05, 0.1) is 11.0 Å². The maximum Gasteiger partial charge on any atom is 0.142 e. The van der Waals surface area contributed by atoms with E-state index in [1.54, 1.807) is 0 Å². The quantitative estimate of drug-likeness (QED) is 0.131. The van der Waals surface area contributed by atoms with Gasteiger partial charge in [0, 0.05) is 12.1 Å². The molecular weight excluding hydrogens is 689 g/mol. The summed E-state index contributed by atoms with van der Waals surface area (Å²) in [5.41, 5.74) is 8.24. The lowest BCUT2D eigenvalue weighted by molar-refractivity contribution is 0.798. The van der Waals surface area contributed by atoms with Crippen LogP contribution in [0.5, 0.6) is 0 Å². The van der Waals surface area contributed by atoms with Crippen molar-refractivity contribution >= 4 is 86.4 Å². The van der Waals surface area contributed by atoms with Gasteiger partial charge >= 0.3 is 0 Å². The van der Waals surface area contributed by atoms with Gasteiger partial charge in [0.2, 0.25) is 0 Å². The molecular formula is C55H36N2. The van der Waals surface area contributed by atoms with Crippen LogP contribution in [-0.2, 0) is 6.54 Å². The second-order valence-corrected chi connectivity index (χ2v) is 15.3. The summed E-state index contributed by atoms with van der Waals surface area (Å²) in [6.07, 6.45) is 0. The van der Waals surface area contributed by atoms with E-state index in [4.69, 9.17) is 4.98 Å². The smallest absolute Gasteiger partial charge is 0.142 e. The number of aryl methyl sites for hydroxylation is 1. The first kappa shape index (κ1) is 32.0. The van der Waals surface area contributed by atoms with Crippen molar-refractivity contribution in [2.75, 3.05) is 0 Å². The molecule has 0 N–H and O–H groups in total. The fraction of sp³-hybridized carbons (Fsp3) is 0.0364. The van der Waals surface area contributed by atoms with E-state index in [0.29, 0.717) is 0 Å². The predicted octanol–water partition coefficient (Wildman–Crippen LogP) is 15.1. The van der Waals surface area contributed by atoms with Crippen molar-refractivity contribution in [2.24, 2.45) is 0 Å². The lowest BCUT2D eigenvalue weighted by Crippen LogP contribution is -1.99. The molecule has 0 aliphatic heterocycles. The van der Waals surface area contributed by atoms with Gasteiger partial charge in [-0.15, -0.1) is 0 Å². The molecule has 0 atom stereocenters. The molecule has 0 aliphatic rings. The van der Waals surface area contributed by atoms with Gasteiger partial charge in [0.1, 0.15) is 5.82 Å². The molecule has 0 amide bonds. The van der Waals surface area contributed by atoms with Crippen LogP contribution in [0.4, 0.5) is 0 Å². The topological polar surface area (TPSA) is 17.8 Å². The Morgan fingerprint density at radius 3 is 1.46 bits per heavy atom. The third kappa shape index (κ3) is 4.68. The molecule has 0 unspecified atom stereocenters. The summed E-state index contributed by atoms with van der Waals surface area (Å²) >= 11 is 0. The minimum atomic E-state index is 0.842. The Bertz CT molecular complexity index is 3550. The van der Waals surface area contributed by atoms with Crippen LogP contribution in [0, 0.1) is 0 Å². The number of hydrogen-bond donors (Lipinski definition) is 0. The summed E-state index contributed by atoms with van der Waals surface area (Å²) in [6.45, 7) is 3.05. The van der Waals surface area contributed by atoms with Gasteiger partial charge in [-0.1, -0.05) is 170 Å². The zero-order valence-electron chi connectivity index (χ0n) is 31.5. The molecule has 2 nitrogen and oxygen atoms in total. The van der Waals surface area contributed by atoms with Crippen LogP contribution in [-0.4, -0.2) is 9.55 Å². The monoisotopic (exact) mass is 724 g/mol. The van der Waals surface area contributed by atoms with Crippen molar-refractivity contribution in [3.8, 4) is 33.6 Å². The number of para-hydroxylation sites is 2. The number of benzene rings is 10. The van der Waals surface area contributed by atoms with E-state index in [1.165, 1.54) is 109 Å². The van der Waals surface area contributed by atoms with E-state index in [9.17, 15) is 0 Å². The fourth-order valence-corrected chi connectivity index (χ4v) is 9.84. The van der Waals surface area contributed by atoms with E-state index in [-0.39, 0.29) is 0 Å². The van der Waals surface area contributed by atoms with Crippen LogP contribution < -0.4 is 0 Å². The van der Waals surface area contributed by atoms with E-state index < -0.39 is 0 Å². The zero-order valence-corrected chi connectivity index (χ0v) is 31.5. The van der Waals surface area contributed by atoms with Crippen LogP contribution >= 0.6 is 0 Å². The van der Waals surface area contributed by atoms with Crippen LogP contribution in [0.15, 0.2) is 188 Å². The average Bonchev–Trinajstić information content (AvgIpc) is 3.65. The maximum absolute atomic E-state index is 5.25. The van der Waals surface area contributed by atoms with Gasteiger partial charge in [-0.25, -0.2) is 4.98 Å². The number of fused-ring (bicyclic) bond motifs is 8. The predicted molar refractivity (Wildman–Crippen MR) is 244 cm³/mol. The normalized spacial score (nSPS) is 12.0. The Hall–Kier alpha value is -7.29. The summed E-state index contributed by atoms with van der Waals surface area (Å²) in [5, 5.41) is 17.8. The maximum atomic E-state index is 5.25. The van der Waals surface area contributed by atoms with Gasteiger partial charge in [-0.05, 0) is 123 Å². The molecule has 57 heavy (non-hydrogen) atoms. The van der Waals surface area contributed by atoms with Gasteiger partial charge in [-0.2, -0.15) is 0 Å². The number of nitrogens with zero attached hydrogens (tertiary/aromatic N) is 2. The molecule has 0 saturated carbocycles. The van der Waals surface area contributed by atoms with Gasteiger partial charge in [0.25, 0.3) is 0 Å². The van der Waals surface area contributed by atoms with E-state index in [0.717, 1.165) is 17.9 Å². The van der Waals surface area contributed by atoms with Crippen molar-refractivity contribution in [1.29, 1.82) is 0 Å². The van der Waals surface area contributed by atoms with Crippen LogP contribution in [0.3, 0.4) is 0 Å². The zero-order chi connectivity index (χ0) is 37.6. The Kier molecular flexibility index (Phi) is 6.94. The second kappa shape index (κ2) is 12.4. The van der Waals surface area contributed by atoms with Crippen molar-refractivity contribution in [1.82, 2.24) is 9.55 Å². The Morgan fingerprint density at radius 1 is 0.368 bits per heavy atom. The summed E-state index contributed by atoms with van der Waals surface area (Å²) in [7, 11) is 0. The van der Waals surface area contributed by atoms with Gasteiger partial charge < -0.3 is 4.57 Å².